The summed E-state index contributed by atoms with van der Waals surface area (Å²) in [4.78, 5) is 11.2. The average molecular weight is 260 g/mol. The van der Waals surface area contributed by atoms with Crippen molar-refractivity contribution in [2.75, 3.05) is 6.54 Å². The number of carbonyl (C=O) groups is 1. The molecule has 0 spiro atoms. The van der Waals surface area contributed by atoms with Gasteiger partial charge in [-0.3, -0.25) is 0 Å². The van der Waals surface area contributed by atoms with E-state index in [4.69, 9.17) is 5.73 Å². The summed E-state index contributed by atoms with van der Waals surface area (Å²) in [6.07, 6.45) is 3.94. The number of aromatic nitrogens is 1. The molecule has 0 aliphatic rings. The van der Waals surface area contributed by atoms with Crippen LogP contribution < -0.4 is 5.73 Å². The molecule has 0 fully saturated rings. The number of benzene rings is 1. The second-order valence-corrected chi connectivity index (χ2v) is 4.88. The third-order valence-corrected chi connectivity index (χ3v) is 3.42. The van der Waals surface area contributed by atoms with Crippen molar-refractivity contribution < 1.29 is 9.90 Å². The number of carboxylic acid groups (broad SMARTS) is 1. The molecule has 0 saturated heterocycles. The number of carboxylic acids is 1. The summed E-state index contributed by atoms with van der Waals surface area (Å²) in [5.74, 6) is -0.871. The highest BCUT2D eigenvalue weighted by molar-refractivity contribution is 5.96. The van der Waals surface area contributed by atoms with Gasteiger partial charge in [0, 0.05) is 23.6 Å². The Labute approximate surface area is 112 Å². The zero-order valence-electron chi connectivity index (χ0n) is 11.4. The van der Waals surface area contributed by atoms with E-state index in [0.29, 0.717) is 12.1 Å². The molecule has 0 aliphatic carbocycles. The highest BCUT2D eigenvalue weighted by atomic mass is 16.4. The van der Waals surface area contributed by atoms with Crippen LogP contribution in [0.15, 0.2) is 18.3 Å². The smallest absolute Gasteiger partial charge is 0.336 e. The molecule has 3 N–H and O–H groups in total. The van der Waals surface area contributed by atoms with Crippen LogP contribution in [0.5, 0.6) is 0 Å². The first-order valence-corrected chi connectivity index (χ1v) is 6.64. The van der Waals surface area contributed by atoms with E-state index in [0.717, 1.165) is 35.9 Å². The normalized spacial score (nSPS) is 11.1. The van der Waals surface area contributed by atoms with Gasteiger partial charge in [0.25, 0.3) is 0 Å². The monoisotopic (exact) mass is 260 g/mol. The van der Waals surface area contributed by atoms with E-state index in [1.807, 2.05) is 13.0 Å². The number of aromatic carboxylic acids is 1. The maximum atomic E-state index is 11.2. The van der Waals surface area contributed by atoms with Crippen LogP contribution in [0, 0.1) is 6.92 Å². The lowest BCUT2D eigenvalue weighted by Crippen LogP contribution is -2.02. The Balaban J connectivity index is 2.68. The van der Waals surface area contributed by atoms with Gasteiger partial charge in [0.05, 0.1) is 5.56 Å². The van der Waals surface area contributed by atoms with Crippen molar-refractivity contribution in [3.05, 3.63) is 35.0 Å². The van der Waals surface area contributed by atoms with Gasteiger partial charge in [-0.15, -0.1) is 0 Å². The van der Waals surface area contributed by atoms with Crippen LogP contribution in [-0.4, -0.2) is 22.2 Å². The quantitative estimate of drug-likeness (QED) is 0.868. The van der Waals surface area contributed by atoms with Crippen LogP contribution >= 0.6 is 0 Å². The number of hydrogen-bond donors (Lipinski definition) is 2. The molecule has 0 aliphatic heterocycles. The Bertz CT molecular complexity index is 614. The maximum Gasteiger partial charge on any atom is 0.336 e. The van der Waals surface area contributed by atoms with Crippen molar-refractivity contribution in [1.29, 1.82) is 0 Å². The van der Waals surface area contributed by atoms with E-state index >= 15 is 0 Å². The minimum absolute atomic E-state index is 0.377. The lowest BCUT2D eigenvalue weighted by Gasteiger charge is -2.06. The van der Waals surface area contributed by atoms with E-state index in [1.54, 1.807) is 6.07 Å². The molecule has 0 saturated carbocycles. The average Bonchev–Trinajstić information content (AvgIpc) is 2.67. The molecule has 2 aromatic rings. The summed E-state index contributed by atoms with van der Waals surface area (Å²) >= 11 is 0. The van der Waals surface area contributed by atoms with Crippen LogP contribution in [0.25, 0.3) is 10.9 Å². The standard InChI is InChI=1S/C15H20N2O2/c1-3-6-17-9-11(4-5-16)13-7-10(2)12(15(18)19)8-14(13)17/h7-9H,3-6,16H2,1-2H3,(H,18,19). The van der Waals surface area contributed by atoms with Gasteiger partial charge in [-0.2, -0.15) is 0 Å². The van der Waals surface area contributed by atoms with Crippen molar-refractivity contribution in [2.24, 2.45) is 5.73 Å². The predicted octanol–water partition coefficient (Wildman–Crippen LogP) is 2.56. The summed E-state index contributed by atoms with van der Waals surface area (Å²) in [6, 6.07) is 3.75. The molecule has 0 bridgehead atoms. The molecule has 1 heterocycles. The van der Waals surface area contributed by atoms with Gasteiger partial charge in [-0.05, 0) is 49.6 Å². The molecular weight excluding hydrogens is 240 g/mol. The fraction of sp³-hybridized carbons (Fsp3) is 0.400. The first kappa shape index (κ1) is 13.6. The van der Waals surface area contributed by atoms with Crippen molar-refractivity contribution in [3.63, 3.8) is 0 Å². The highest BCUT2D eigenvalue weighted by Gasteiger charge is 2.14. The van der Waals surface area contributed by atoms with E-state index in [1.165, 1.54) is 5.56 Å². The minimum Gasteiger partial charge on any atom is -0.478 e. The lowest BCUT2D eigenvalue weighted by atomic mass is 10.0. The van der Waals surface area contributed by atoms with Gasteiger partial charge >= 0.3 is 5.97 Å². The van der Waals surface area contributed by atoms with Crippen LogP contribution in [0.4, 0.5) is 0 Å². The Morgan fingerprint density at radius 1 is 1.42 bits per heavy atom. The summed E-state index contributed by atoms with van der Waals surface area (Å²) < 4.78 is 2.13. The molecule has 0 radical (unpaired) electrons. The predicted molar refractivity (Wildman–Crippen MR) is 76.7 cm³/mol. The van der Waals surface area contributed by atoms with Crippen LogP contribution in [0.1, 0.15) is 34.8 Å². The van der Waals surface area contributed by atoms with E-state index in [9.17, 15) is 9.90 Å². The number of rotatable bonds is 5. The number of nitrogens with two attached hydrogens (primary N) is 1. The number of fused-ring (bicyclic) bond motifs is 1. The van der Waals surface area contributed by atoms with Gasteiger partial charge < -0.3 is 15.4 Å². The molecule has 102 valence electrons. The summed E-state index contributed by atoms with van der Waals surface area (Å²) in [6.45, 7) is 5.45. The molecule has 1 aromatic heterocycles. The SMILES string of the molecule is CCCn1cc(CCN)c2cc(C)c(C(=O)O)cc21. The van der Waals surface area contributed by atoms with Gasteiger partial charge in [0.1, 0.15) is 0 Å². The Morgan fingerprint density at radius 3 is 2.74 bits per heavy atom. The molecule has 19 heavy (non-hydrogen) atoms. The van der Waals surface area contributed by atoms with Crippen LogP contribution in [0.2, 0.25) is 0 Å². The van der Waals surface area contributed by atoms with Gasteiger partial charge in [-0.1, -0.05) is 6.92 Å². The minimum atomic E-state index is -0.871. The maximum absolute atomic E-state index is 11.2. The second kappa shape index (κ2) is 5.45. The summed E-state index contributed by atoms with van der Waals surface area (Å²) in [7, 11) is 0. The molecule has 4 heteroatoms. The summed E-state index contributed by atoms with van der Waals surface area (Å²) in [5, 5.41) is 10.4. The lowest BCUT2D eigenvalue weighted by molar-refractivity contribution is 0.0696. The van der Waals surface area contributed by atoms with E-state index < -0.39 is 5.97 Å². The zero-order valence-corrected chi connectivity index (χ0v) is 11.4. The van der Waals surface area contributed by atoms with E-state index in [2.05, 4.69) is 17.7 Å². The van der Waals surface area contributed by atoms with E-state index in [-0.39, 0.29) is 0 Å². The number of aryl methyl sites for hydroxylation is 2. The van der Waals surface area contributed by atoms with Crippen molar-refractivity contribution >= 4 is 16.9 Å². The molecular formula is C15H20N2O2. The first-order valence-electron chi connectivity index (χ1n) is 6.64. The molecule has 0 atom stereocenters. The molecule has 4 nitrogen and oxygen atoms in total. The van der Waals surface area contributed by atoms with Gasteiger partial charge in [-0.25, -0.2) is 4.79 Å². The number of hydrogen-bond acceptors (Lipinski definition) is 2. The highest BCUT2D eigenvalue weighted by Crippen LogP contribution is 2.26. The fourth-order valence-electron chi connectivity index (χ4n) is 2.53. The molecule has 0 unspecified atom stereocenters. The van der Waals surface area contributed by atoms with Crippen LogP contribution in [-0.2, 0) is 13.0 Å². The van der Waals surface area contributed by atoms with Gasteiger partial charge in [0.15, 0.2) is 0 Å². The summed E-state index contributed by atoms with van der Waals surface area (Å²) in [5.41, 5.74) is 9.02. The van der Waals surface area contributed by atoms with Crippen LogP contribution in [0.3, 0.4) is 0 Å². The van der Waals surface area contributed by atoms with Gasteiger partial charge in [0.2, 0.25) is 0 Å². The fourth-order valence-corrected chi connectivity index (χ4v) is 2.53. The topological polar surface area (TPSA) is 68.2 Å². The zero-order chi connectivity index (χ0) is 14.0. The Kier molecular flexibility index (Phi) is 3.90. The first-order chi connectivity index (χ1) is 9.08. The molecule has 2 rings (SSSR count). The van der Waals surface area contributed by atoms with Crippen molar-refractivity contribution in [1.82, 2.24) is 4.57 Å². The Hall–Kier alpha value is -1.81. The largest absolute Gasteiger partial charge is 0.478 e. The third kappa shape index (κ3) is 2.49. The molecule has 1 aromatic carbocycles. The van der Waals surface area contributed by atoms with Crippen molar-refractivity contribution in [3.8, 4) is 0 Å². The Morgan fingerprint density at radius 2 is 2.16 bits per heavy atom. The number of nitrogens with zero attached hydrogens (tertiary/aromatic N) is 1. The third-order valence-electron chi connectivity index (χ3n) is 3.42. The van der Waals surface area contributed by atoms with Crippen molar-refractivity contribution in [2.45, 2.75) is 33.2 Å². The second-order valence-electron chi connectivity index (χ2n) is 4.88. The molecule has 0 amide bonds.